The summed E-state index contributed by atoms with van der Waals surface area (Å²) in [6.07, 6.45) is 2.67. The lowest BCUT2D eigenvalue weighted by Gasteiger charge is -2.20. The standard InChI is InChI=1S/C17H27N3O2/c1-5-7-14-15(13(3)21)12(2)18-16(14)17(22)20-9-6-8-19(4)10-11-20/h18H,5-11H2,1-4H3. The Balaban J connectivity index is 2.32. The predicted octanol–water partition coefficient (Wildman–Crippen LogP) is 2.26. The van der Waals surface area contributed by atoms with Gasteiger partial charge in [-0.15, -0.1) is 0 Å². The number of hydrogen-bond acceptors (Lipinski definition) is 3. The van der Waals surface area contributed by atoms with Crippen molar-refractivity contribution < 1.29 is 9.59 Å². The first-order valence-corrected chi connectivity index (χ1v) is 8.15. The second-order valence-electron chi connectivity index (χ2n) is 6.23. The molecule has 0 unspecified atom stereocenters. The van der Waals surface area contributed by atoms with Crippen molar-refractivity contribution in [1.29, 1.82) is 0 Å². The number of aryl methyl sites for hydroxylation is 1. The van der Waals surface area contributed by atoms with Crippen molar-refractivity contribution in [3.8, 4) is 0 Å². The summed E-state index contributed by atoms with van der Waals surface area (Å²) in [4.78, 5) is 32.2. The number of nitrogens with one attached hydrogen (secondary N) is 1. The summed E-state index contributed by atoms with van der Waals surface area (Å²) in [6, 6.07) is 0. The van der Waals surface area contributed by atoms with Crippen molar-refractivity contribution in [1.82, 2.24) is 14.8 Å². The molecule has 1 aromatic rings. The summed E-state index contributed by atoms with van der Waals surface area (Å²) < 4.78 is 0. The lowest BCUT2D eigenvalue weighted by molar-refractivity contribution is 0.0756. The maximum atomic E-state index is 12.9. The Hall–Kier alpha value is -1.62. The molecule has 0 spiro atoms. The molecular weight excluding hydrogens is 278 g/mol. The summed E-state index contributed by atoms with van der Waals surface area (Å²) in [5.74, 6) is 0.0706. The van der Waals surface area contributed by atoms with E-state index in [0.29, 0.717) is 11.3 Å². The van der Waals surface area contributed by atoms with Gasteiger partial charge in [0, 0.05) is 30.9 Å². The van der Waals surface area contributed by atoms with Crippen LogP contribution in [-0.4, -0.2) is 59.7 Å². The maximum absolute atomic E-state index is 12.9. The van der Waals surface area contributed by atoms with Crippen LogP contribution in [0.3, 0.4) is 0 Å². The summed E-state index contributed by atoms with van der Waals surface area (Å²) in [7, 11) is 2.09. The minimum Gasteiger partial charge on any atom is -0.354 e. The van der Waals surface area contributed by atoms with Crippen molar-refractivity contribution in [2.24, 2.45) is 0 Å². The highest BCUT2D eigenvalue weighted by molar-refractivity contribution is 6.02. The van der Waals surface area contributed by atoms with Crippen LogP contribution in [-0.2, 0) is 6.42 Å². The third-order valence-corrected chi connectivity index (χ3v) is 4.36. The van der Waals surface area contributed by atoms with E-state index >= 15 is 0 Å². The summed E-state index contributed by atoms with van der Waals surface area (Å²) in [5, 5.41) is 0. The Morgan fingerprint density at radius 1 is 1.18 bits per heavy atom. The summed E-state index contributed by atoms with van der Waals surface area (Å²) in [5.41, 5.74) is 3.03. The number of carbonyl (C=O) groups is 2. The summed E-state index contributed by atoms with van der Waals surface area (Å²) in [6.45, 7) is 8.97. The fraction of sp³-hybridized carbons (Fsp3) is 0.647. The van der Waals surface area contributed by atoms with Crippen LogP contribution in [0.15, 0.2) is 0 Å². The second-order valence-corrected chi connectivity index (χ2v) is 6.23. The fourth-order valence-electron chi connectivity index (χ4n) is 3.24. The summed E-state index contributed by atoms with van der Waals surface area (Å²) >= 11 is 0. The van der Waals surface area contributed by atoms with Gasteiger partial charge in [0.25, 0.3) is 5.91 Å². The van der Waals surface area contributed by atoms with Crippen LogP contribution in [0.5, 0.6) is 0 Å². The molecule has 122 valence electrons. The zero-order chi connectivity index (χ0) is 16.3. The van der Waals surface area contributed by atoms with Gasteiger partial charge in [0.05, 0.1) is 0 Å². The Labute approximate surface area is 132 Å². The molecule has 1 N–H and O–H groups in total. The van der Waals surface area contributed by atoms with E-state index in [1.807, 2.05) is 11.8 Å². The van der Waals surface area contributed by atoms with E-state index < -0.39 is 0 Å². The first kappa shape index (κ1) is 16.7. The number of Topliss-reactive ketones (excluding diaryl/α,β-unsaturated/α-hetero) is 1. The Bertz CT molecular complexity index is 562. The minimum atomic E-state index is 0.0341. The first-order chi connectivity index (χ1) is 10.5. The molecule has 1 aliphatic rings. The van der Waals surface area contributed by atoms with Crippen LogP contribution in [0, 0.1) is 6.92 Å². The van der Waals surface area contributed by atoms with E-state index in [1.54, 1.807) is 6.92 Å². The number of ketones is 1. The number of likely N-dealkylation sites (N-methyl/N-ethyl adjacent to an activating group) is 1. The monoisotopic (exact) mass is 305 g/mol. The second kappa shape index (κ2) is 7.09. The van der Waals surface area contributed by atoms with Gasteiger partial charge in [-0.05, 0) is 45.8 Å². The molecule has 1 fully saturated rings. The van der Waals surface area contributed by atoms with Gasteiger partial charge in [-0.1, -0.05) is 13.3 Å². The molecule has 5 heteroatoms. The number of amides is 1. The van der Waals surface area contributed by atoms with Crippen LogP contribution in [0.1, 0.15) is 58.8 Å². The van der Waals surface area contributed by atoms with Gasteiger partial charge in [-0.3, -0.25) is 9.59 Å². The Morgan fingerprint density at radius 3 is 2.55 bits per heavy atom. The lowest BCUT2D eigenvalue weighted by atomic mass is 10.0. The first-order valence-electron chi connectivity index (χ1n) is 8.15. The minimum absolute atomic E-state index is 0.0341. The fourth-order valence-corrected chi connectivity index (χ4v) is 3.24. The smallest absolute Gasteiger partial charge is 0.270 e. The molecule has 1 saturated heterocycles. The quantitative estimate of drug-likeness (QED) is 0.868. The maximum Gasteiger partial charge on any atom is 0.270 e. The van der Waals surface area contributed by atoms with Crippen molar-refractivity contribution in [3.05, 3.63) is 22.5 Å². The SMILES string of the molecule is CCCc1c(C(=O)N2CCCN(C)CC2)[nH]c(C)c1C(C)=O. The van der Waals surface area contributed by atoms with E-state index in [9.17, 15) is 9.59 Å². The third-order valence-electron chi connectivity index (χ3n) is 4.36. The number of hydrogen-bond donors (Lipinski definition) is 1. The molecule has 2 heterocycles. The molecule has 1 aliphatic heterocycles. The lowest BCUT2D eigenvalue weighted by Crippen LogP contribution is -2.35. The number of nitrogens with zero attached hydrogens (tertiary/aromatic N) is 2. The topological polar surface area (TPSA) is 56.4 Å². The molecule has 22 heavy (non-hydrogen) atoms. The normalized spacial score (nSPS) is 16.6. The number of aromatic amines is 1. The zero-order valence-electron chi connectivity index (χ0n) is 14.2. The average Bonchev–Trinajstić information content (AvgIpc) is 2.64. The molecule has 0 bridgehead atoms. The van der Waals surface area contributed by atoms with E-state index in [2.05, 4.69) is 23.9 Å². The number of aromatic nitrogens is 1. The molecule has 0 aliphatic carbocycles. The molecule has 0 atom stereocenters. The number of rotatable bonds is 4. The van der Waals surface area contributed by atoms with Gasteiger partial charge in [-0.2, -0.15) is 0 Å². The van der Waals surface area contributed by atoms with E-state index in [1.165, 1.54) is 0 Å². The van der Waals surface area contributed by atoms with E-state index in [0.717, 1.165) is 56.7 Å². The van der Waals surface area contributed by atoms with Crippen molar-refractivity contribution >= 4 is 11.7 Å². The Kier molecular flexibility index (Phi) is 5.40. The van der Waals surface area contributed by atoms with Crippen molar-refractivity contribution in [2.75, 3.05) is 33.2 Å². The number of carbonyl (C=O) groups excluding carboxylic acids is 2. The molecule has 0 saturated carbocycles. The average molecular weight is 305 g/mol. The molecule has 2 rings (SSSR count). The van der Waals surface area contributed by atoms with Gasteiger partial charge in [-0.25, -0.2) is 0 Å². The largest absolute Gasteiger partial charge is 0.354 e. The molecular formula is C17H27N3O2. The van der Waals surface area contributed by atoms with Gasteiger partial charge < -0.3 is 14.8 Å². The Morgan fingerprint density at radius 2 is 1.91 bits per heavy atom. The predicted molar refractivity (Wildman–Crippen MR) is 87.5 cm³/mol. The molecule has 1 aromatic heterocycles. The van der Waals surface area contributed by atoms with Crippen LogP contribution < -0.4 is 0 Å². The van der Waals surface area contributed by atoms with Gasteiger partial charge in [0.1, 0.15) is 5.69 Å². The number of H-pyrrole nitrogens is 1. The highest BCUT2D eigenvalue weighted by atomic mass is 16.2. The molecule has 0 aromatic carbocycles. The molecule has 0 radical (unpaired) electrons. The van der Waals surface area contributed by atoms with Crippen LogP contribution in [0.25, 0.3) is 0 Å². The van der Waals surface area contributed by atoms with E-state index in [-0.39, 0.29) is 11.7 Å². The van der Waals surface area contributed by atoms with E-state index in [4.69, 9.17) is 0 Å². The zero-order valence-corrected chi connectivity index (χ0v) is 14.2. The highest BCUT2D eigenvalue weighted by Gasteiger charge is 2.26. The van der Waals surface area contributed by atoms with Crippen molar-refractivity contribution in [3.63, 3.8) is 0 Å². The van der Waals surface area contributed by atoms with Crippen molar-refractivity contribution in [2.45, 2.75) is 40.0 Å². The molecule has 1 amide bonds. The van der Waals surface area contributed by atoms with Crippen LogP contribution in [0.4, 0.5) is 0 Å². The van der Waals surface area contributed by atoms with Gasteiger partial charge in [0.2, 0.25) is 0 Å². The van der Waals surface area contributed by atoms with Crippen LogP contribution >= 0.6 is 0 Å². The van der Waals surface area contributed by atoms with Crippen LogP contribution in [0.2, 0.25) is 0 Å². The third kappa shape index (κ3) is 3.40. The van der Waals surface area contributed by atoms with Gasteiger partial charge >= 0.3 is 0 Å². The highest BCUT2D eigenvalue weighted by Crippen LogP contribution is 2.23. The van der Waals surface area contributed by atoms with Gasteiger partial charge in [0.15, 0.2) is 5.78 Å². The molecule has 5 nitrogen and oxygen atoms in total.